The fourth-order valence-corrected chi connectivity index (χ4v) is 2.10. The molecule has 110 valence electrons. The number of aliphatic carboxylic acids is 1. The van der Waals surface area contributed by atoms with Crippen molar-refractivity contribution in [1.82, 2.24) is 9.80 Å². The third-order valence-electron chi connectivity index (χ3n) is 3.04. The van der Waals surface area contributed by atoms with Gasteiger partial charge in [-0.3, -0.25) is 4.79 Å². The molecule has 1 heterocycles. The second-order valence-electron chi connectivity index (χ2n) is 4.47. The minimum absolute atomic E-state index is 0.0271. The molecule has 0 aromatic rings. The molecule has 0 bridgehead atoms. The van der Waals surface area contributed by atoms with E-state index in [9.17, 15) is 18.4 Å². The number of likely N-dealkylation sites (tertiary alicyclic amines) is 1. The molecule has 1 saturated heterocycles. The number of hydrogen-bond donors (Lipinski definition) is 2. The zero-order valence-electron chi connectivity index (χ0n) is 10.5. The summed E-state index contributed by atoms with van der Waals surface area (Å²) in [6, 6.07) is -0.639. The van der Waals surface area contributed by atoms with E-state index in [1.807, 2.05) is 0 Å². The van der Waals surface area contributed by atoms with Crippen LogP contribution in [0, 0.1) is 5.92 Å². The van der Waals surface area contributed by atoms with Crippen LogP contribution < -0.4 is 0 Å². The molecule has 0 aromatic carbocycles. The quantitative estimate of drug-likeness (QED) is 0.766. The summed E-state index contributed by atoms with van der Waals surface area (Å²) in [4.78, 5) is 25.0. The highest BCUT2D eigenvalue weighted by Gasteiger charge is 2.31. The van der Waals surface area contributed by atoms with E-state index in [0.29, 0.717) is 19.4 Å². The lowest BCUT2D eigenvalue weighted by Gasteiger charge is -2.34. The predicted molar refractivity (Wildman–Crippen MR) is 62.0 cm³/mol. The molecule has 0 unspecified atom stereocenters. The van der Waals surface area contributed by atoms with Crippen molar-refractivity contribution in [3.63, 3.8) is 0 Å². The topological polar surface area (TPSA) is 81.1 Å². The molecule has 8 heteroatoms. The van der Waals surface area contributed by atoms with Crippen LogP contribution in [0.3, 0.4) is 0 Å². The minimum atomic E-state index is -2.68. The van der Waals surface area contributed by atoms with Crippen LogP contribution >= 0.6 is 0 Å². The first-order valence-electron chi connectivity index (χ1n) is 6.11. The van der Waals surface area contributed by atoms with Crippen molar-refractivity contribution in [2.24, 2.45) is 5.92 Å². The van der Waals surface area contributed by atoms with E-state index in [1.165, 1.54) is 4.90 Å². The Hall–Kier alpha value is -1.44. The lowest BCUT2D eigenvalue weighted by atomic mass is 9.99. The Labute approximate surface area is 109 Å². The largest absolute Gasteiger partial charge is 0.481 e. The summed E-state index contributed by atoms with van der Waals surface area (Å²) in [5, 5.41) is 17.7. The van der Waals surface area contributed by atoms with Crippen LogP contribution in [0.1, 0.15) is 12.8 Å². The van der Waals surface area contributed by atoms with Gasteiger partial charge in [0.15, 0.2) is 0 Å². The number of aliphatic hydroxyl groups is 1. The lowest BCUT2D eigenvalue weighted by Crippen LogP contribution is -2.50. The number of urea groups is 1. The summed E-state index contributed by atoms with van der Waals surface area (Å²) in [5.74, 6) is -1.64. The second kappa shape index (κ2) is 7.22. The number of piperidine rings is 1. The highest BCUT2D eigenvalue weighted by Crippen LogP contribution is 2.18. The van der Waals surface area contributed by atoms with Crippen molar-refractivity contribution in [2.75, 3.05) is 32.8 Å². The highest BCUT2D eigenvalue weighted by molar-refractivity contribution is 5.76. The summed E-state index contributed by atoms with van der Waals surface area (Å²) < 4.78 is 24.7. The van der Waals surface area contributed by atoms with Crippen LogP contribution in [0.25, 0.3) is 0 Å². The van der Waals surface area contributed by atoms with Gasteiger partial charge < -0.3 is 20.0 Å². The van der Waals surface area contributed by atoms with Crippen LogP contribution in [-0.4, -0.2) is 71.2 Å². The molecule has 1 fully saturated rings. The molecule has 1 atom stereocenters. The summed E-state index contributed by atoms with van der Waals surface area (Å²) in [6.45, 7) is -0.965. The van der Waals surface area contributed by atoms with E-state index < -0.39 is 37.5 Å². The fourth-order valence-electron chi connectivity index (χ4n) is 2.10. The standard InChI is InChI=1S/C11H18F2N2O4/c12-9(13)7-15(4-5-16)11(19)14-3-1-2-8(6-14)10(17)18/h8-9,16H,1-7H2,(H,17,18)/t8-/m1/s1. The Bertz CT molecular complexity index is 328. The van der Waals surface area contributed by atoms with Crippen LogP contribution in [0.5, 0.6) is 0 Å². The molecular weight excluding hydrogens is 262 g/mol. The third-order valence-corrected chi connectivity index (χ3v) is 3.04. The number of alkyl halides is 2. The molecule has 1 aliphatic rings. The first-order chi connectivity index (χ1) is 8.95. The third kappa shape index (κ3) is 4.62. The van der Waals surface area contributed by atoms with Crippen molar-refractivity contribution < 1.29 is 28.6 Å². The van der Waals surface area contributed by atoms with E-state index in [-0.39, 0.29) is 13.1 Å². The number of carboxylic acids is 1. The molecule has 19 heavy (non-hydrogen) atoms. The number of nitrogens with zero attached hydrogens (tertiary/aromatic N) is 2. The lowest BCUT2D eigenvalue weighted by molar-refractivity contribution is -0.143. The van der Waals surface area contributed by atoms with E-state index in [1.54, 1.807) is 0 Å². The maximum atomic E-state index is 12.4. The molecule has 6 nitrogen and oxygen atoms in total. The second-order valence-corrected chi connectivity index (χ2v) is 4.47. The zero-order chi connectivity index (χ0) is 14.4. The van der Waals surface area contributed by atoms with Gasteiger partial charge in [0.05, 0.1) is 19.1 Å². The summed E-state index contributed by atoms with van der Waals surface area (Å²) in [5.41, 5.74) is 0. The summed E-state index contributed by atoms with van der Waals surface area (Å²) in [7, 11) is 0. The van der Waals surface area contributed by atoms with Crippen molar-refractivity contribution in [3.8, 4) is 0 Å². The number of hydrogen-bond acceptors (Lipinski definition) is 3. The Balaban J connectivity index is 2.64. The van der Waals surface area contributed by atoms with Crippen LogP contribution in [0.15, 0.2) is 0 Å². The summed E-state index contributed by atoms with van der Waals surface area (Å²) in [6.07, 6.45) is -1.67. The predicted octanol–water partition coefficient (Wildman–Crippen LogP) is 0.462. The number of aliphatic hydroxyl groups excluding tert-OH is 1. The first-order valence-corrected chi connectivity index (χ1v) is 6.11. The molecule has 2 N–H and O–H groups in total. The van der Waals surface area contributed by atoms with Gasteiger partial charge in [0.1, 0.15) is 0 Å². The molecular formula is C11H18F2N2O4. The molecule has 0 aliphatic carbocycles. The van der Waals surface area contributed by atoms with Crippen molar-refractivity contribution in [2.45, 2.75) is 19.3 Å². The maximum Gasteiger partial charge on any atom is 0.320 e. The van der Waals surface area contributed by atoms with Gasteiger partial charge >= 0.3 is 12.0 Å². The molecule has 1 rings (SSSR count). The van der Waals surface area contributed by atoms with Gasteiger partial charge in [-0.25, -0.2) is 13.6 Å². The summed E-state index contributed by atoms with van der Waals surface area (Å²) >= 11 is 0. The minimum Gasteiger partial charge on any atom is -0.481 e. The number of halogens is 2. The number of amides is 2. The Morgan fingerprint density at radius 3 is 2.63 bits per heavy atom. The van der Waals surface area contributed by atoms with Crippen molar-refractivity contribution in [1.29, 1.82) is 0 Å². The average Bonchev–Trinajstić information content (AvgIpc) is 2.37. The Kier molecular flexibility index (Phi) is 5.94. The maximum absolute atomic E-state index is 12.4. The zero-order valence-corrected chi connectivity index (χ0v) is 10.5. The van der Waals surface area contributed by atoms with E-state index >= 15 is 0 Å². The van der Waals surface area contributed by atoms with Gasteiger partial charge in [-0.2, -0.15) is 0 Å². The molecule has 0 aromatic heterocycles. The van der Waals surface area contributed by atoms with Crippen LogP contribution in [0.4, 0.5) is 13.6 Å². The van der Waals surface area contributed by atoms with Gasteiger partial charge in [-0.15, -0.1) is 0 Å². The number of carbonyl (C=O) groups excluding carboxylic acids is 1. The van der Waals surface area contributed by atoms with E-state index in [4.69, 9.17) is 10.2 Å². The smallest absolute Gasteiger partial charge is 0.320 e. The van der Waals surface area contributed by atoms with Gasteiger partial charge in [-0.05, 0) is 12.8 Å². The Morgan fingerprint density at radius 1 is 1.42 bits per heavy atom. The molecule has 0 spiro atoms. The normalized spacial score (nSPS) is 19.6. The first kappa shape index (κ1) is 15.6. The number of rotatable bonds is 5. The SMILES string of the molecule is O=C(O)[C@@H]1CCCN(C(=O)N(CCO)CC(F)F)C1. The van der Waals surface area contributed by atoms with Crippen LogP contribution in [0.2, 0.25) is 0 Å². The number of carbonyl (C=O) groups is 2. The molecule has 0 saturated carbocycles. The average molecular weight is 280 g/mol. The van der Waals surface area contributed by atoms with E-state index in [0.717, 1.165) is 4.90 Å². The van der Waals surface area contributed by atoms with Crippen LogP contribution in [-0.2, 0) is 4.79 Å². The van der Waals surface area contributed by atoms with Gasteiger partial charge in [0.25, 0.3) is 6.43 Å². The molecule has 0 radical (unpaired) electrons. The van der Waals surface area contributed by atoms with Gasteiger partial charge in [0.2, 0.25) is 0 Å². The monoisotopic (exact) mass is 280 g/mol. The van der Waals surface area contributed by atoms with Gasteiger partial charge in [0, 0.05) is 19.6 Å². The van der Waals surface area contributed by atoms with E-state index in [2.05, 4.69) is 0 Å². The van der Waals surface area contributed by atoms with Crippen molar-refractivity contribution >= 4 is 12.0 Å². The molecule has 1 aliphatic heterocycles. The molecule has 2 amide bonds. The fraction of sp³-hybridized carbons (Fsp3) is 0.818. The van der Waals surface area contributed by atoms with Gasteiger partial charge in [-0.1, -0.05) is 0 Å². The van der Waals surface area contributed by atoms with Crippen molar-refractivity contribution in [3.05, 3.63) is 0 Å². The number of carboxylic acid groups (broad SMARTS) is 1. The Morgan fingerprint density at radius 2 is 2.11 bits per heavy atom. The highest BCUT2D eigenvalue weighted by atomic mass is 19.3.